The minimum Gasteiger partial charge on any atom is -0.394 e. The molecule has 0 spiro atoms. The first-order valence-corrected chi connectivity index (χ1v) is 4.71. The minimum atomic E-state index is -0.155. The molecule has 0 aliphatic heterocycles. The maximum absolute atomic E-state index is 11.0. The molecule has 14 heavy (non-hydrogen) atoms. The number of nitrogens with zero attached hydrogens (tertiary/aromatic N) is 3. The summed E-state index contributed by atoms with van der Waals surface area (Å²) in [6.45, 7) is 0.584. The number of rotatable bonds is 2. The SMILES string of the molecule is Nc1cn(Cc2cnsn2)ccc1=O. The summed E-state index contributed by atoms with van der Waals surface area (Å²) >= 11 is 1.16. The van der Waals surface area contributed by atoms with Gasteiger partial charge in [-0.25, -0.2) is 0 Å². The van der Waals surface area contributed by atoms with Gasteiger partial charge in [0.25, 0.3) is 0 Å². The fourth-order valence-corrected chi connectivity index (χ4v) is 1.51. The molecule has 2 N–H and O–H groups in total. The Bertz CT molecular complexity index is 476. The lowest BCUT2D eigenvalue weighted by atomic mass is 10.4. The second-order valence-electron chi connectivity index (χ2n) is 2.84. The lowest BCUT2D eigenvalue weighted by molar-refractivity contribution is 0.775. The van der Waals surface area contributed by atoms with E-state index in [-0.39, 0.29) is 11.1 Å². The first-order valence-electron chi connectivity index (χ1n) is 3.98. The highest BCUT2D eigenvalue weighted by atomic mass is 32.1. The third-order valence-electron chi connectivity index (χ3n) is 1.76. The lowest BCUT2D eigenvalue weighted by Gasteiger charge is -2.03. The fraction of sp³-hybridized carbons (Fsp3) is 0.125. The fourth-order valence-electron chi connectivity index (χ4n) is 1.08. The number of nitrogens with two attached hydrogens (primary N) is 1. The Labute approximate surface area is 84.1 Å². The molecule has 0 radical (unpaired) electrons. The van der Waals surface area contributed by atoms with Crippen LogP contribution in [0.3, 0.4) is 0 Å². The molecule has 2 aromatic heterocycles. The van der Waals surface area contributed by atoms with Crippen LogP contribution in [0.15, 0.2) is 29.5 Å². The molecule has 0 aliphatic rings. The summed E-state index contributed by atoms with van der Waals surface area (Å²) in [6, 6.07) is 1.44. The van der Waals surface area contributed by atoms with Crippen LogP contribution in [0.5, 0.6) is 0 Å². The van der Waals surface area contributed by atoms with Crippen molar-refractivity contribution in [3.8, 4) is 0 Å². The Balaban J connectivity index is 2.26. The van der Waals surface area contributed by atoms with E-state index in [1.165, 1.54) is 6.07 Å². The van der Waals surface area contributed by atoms with Gasteiger partial charge in [0.15, 0.2) is 0 Å². The van der Waals surface area contributed by atoms with Crippen molar-refractivity contribution in [2.45, 2.75) is 6.54 Å². The van der Waals surface area contributed by atoms with Crippen LogP contribution in [0.1, 0.15) is 5.69 Å². The number of anilines is 1. The quantitative estimate of drug-likeness (QED) is 0.771. The number of hydrogen-bond acceptors (Lipinski definition) is 5. The van der Waals surface area contributed by atoms with Crippen LogP contribution in [0.25, 0.3) is 0 Å². The van der Waals surface area contributed by atoms with Crippen LogP contribution in [0.4, 0.5) is 5.69 Å². The number of pyridine rings is 1. The third kappa shape index (κ3) is 1.80. The van der Waals surface area contributed by atoms with Gasteiger partial charge in [0, 0.05) is 18.5 Å². The van der Waals surface area contributed by atoms with Gasteiger partial charge < -0.3 is 10.3 Å². The standard InChI is InChI=1S/C8H8N4OS/c9-7-5-12(2-1-8(7)13)4-6-3-10-14-11-6/h1-3,5H,4,9H2. The van der Waals surface area contributed by atoms with E-state index in [1.54, 1.807) is 23.2 Å². The summed E-state index contributed by atoms with van der Waals surface area (Å²) in [5.74, 6) is 0. The van der Waals surface area contributed by atoms with Crippen LogP contribution in [-0.4, -0.2) is 13.3 Å². The highest BCUT2D eigenvalue weighted by Crippen LogP contribution is 2.00. The zero-order valence-electron chi connectivity index (χ0n) is 7.25. The Hall–Kier alpha value is -1.69. The molecule has 0 saturated carbocycles. The molecule has 0 aliphatic carbocycles. The molecule has 0 aromatic carbocycles. The summed E-state index contributed by atoms with van der Waals surface area (Å²) < 4.78 is 9.74. The van der Waals surface area contributed by atoms with Crippen molar-refractivity contribution in [3.05, 3.63) is 40.6 Å². The van der Waals surface area contributed by atoms with Crippen LogP contribution in [0.2, 0.25) is 0 Å². The van der Waals surface area contributed by atoms with Gasteiger partial charge in [0.05, 0.1) is 35.9 Å². The topological polar surface area (TPSA) is 73.8 Å². The normalized spacial score (nSPS) is 10.3. The van der Waals surface area contributed by atoms with E-state index in [1.807, 2.05) is 0 Å². The average molecular weight is 208 g/mol. The summed E-state index contributed by atoms with van der Waals surface area (Å²) in [5.41, 5.74) is 6.43. The van der Waals surface area contributed by atoms with E-state index in [2.05, 4.69) is 8.75 Å². The second-order valence-corrected chi connectivity index (χ2v) is 3.39. The van der Waals surface area contributed by atoms with Crippen LogP contribution in [0, 0.1) is 0 Å². The van der Waals surface area contributed by atoms with Crippen molar-refractivity contribution in [2.24, 2.45) is 0 Å². The number of aromatic nitrogens is 3. The smallest absolute Gasteiger partial charge is 0.204 e. The highest BCUT2D eigenvalue weighted by Gasteiger charge is 1.98. The van der Waals surface area contributed by atoms with E-state index in [4.69, 9.17) is 5.73 Å². The van der Waals surface area contributed by atoms with E-state index in [9.17, 15) is 4.79 Å². The number of nitrogen functional groups attached to an aromatic ring is 1. The van der Waals surface area contributed by atoms with E-state index < -0.39 is 0 Å². The first kappa shape index (κ1) is 8.89. The van der Waals surface area contributed by atoms with Crippen LogP contribution < -0.4 is 11.2 Å². The molecule has 0 saturated heterocycles. The zero-order chi connectivity index (χ0) is 9.97. The number of hydrogen-bond donors (Lipinski definition) is 1. The Kier molecular flexibility index (Phi) is 2.28. The van der Waals surface area contributed by atoms with Gasteiger partial charge in [-0.2, -0.15) is 8.75 Å². The molecule has 0 unspecified atom stereocenters. The lowest BCUT2D eigenvalue weighted by Crippen LogP contribution is -2.11. The predicted molar refractivity (Wildman–Crippen MR) is 54.1 cm³/mol. The molecule has 5 nitrogen and oxygen atoms in total. The van der Waals surface area contributed by atoms with Gasteiger partial charge >= 0.3 is 0 Å². The summed E-state index contributed by atoms with van der Waals surface area (Å²) in [6.07, 6.45) is 4.97. The Morgan fingerprint density at radius 1 is 1.57 bits per heavy atom. The van der Waals surface area contributed by atoms with Gasteiger partial charge in [-0.1, -0.05) is 0 Å². The predicted octanol–water partition coefficient (Wildman–Crippen LogP) is 0.330. The van der Waals surface area contributed by atoms with Gasteiger partial charge in [0.2, 0.25) is 5.43 Å². The van der Waals surface area contributed by atoms with Gasteiger partial charge in [-0.3, -0.25) is 4.79 Å². The van der Waals surface area contributed by atoms with Crippen molar-refractivity contribution in [1.82, 2.24) is 13.3 Å². The molecule has 2 aromatic rings. The average Bonchev–Trinajstić information content (AvgIpc) is 2.64. The maximum Gasteiger partial charge on any atom is 0.204 e. The minimum absolute atomic E-state index is 0.155. The third-order valence-corrected chi connectivity index (χ3v) is 2.27. The molecule has 0 fully saturated rings. The molecule has 2 rings (SSSR count). The monoisotopic (exact) mass is 208 g/mol. The summed E-state index contributed by atoms with van der Waals surface area (Å²) in [5, 5.41) is 0. The van der Waals surface area contributed by atoms with E-state index >= 15 is 0 Å². The zero-order valence-corrected chi connectivity index (χ0v) is 8.07. The molecule has 0 atom stereocenters. The largest absolute Gasteiger partial charge is 0.394 e. The summed E-state index contributed by atoms with van der Waals surface area (Å²) in [7, 11) is 0. The van der Waals surface area contributed by atoms with E-state index in [0.717, 1.165) is 17.4 Å². The van der Waals surface area contributed by atoms with Crippen molar-refractivity contribution < 1.29 is 0 Å². The second kappa shape index (κ2) is 3.59. The Morgan fingerprint density at radius 2 is 2.43 bits per heavy atom. The van der Waals surface area contributed by atoms with Crippen molar-refractivity contribution in [1.29, 1.82) is 0 Å². The molecule has 72 valence electrons. The molecule has 0 amide bonds. The van der Waals surface area contributed by atoms with E-state index in [0.29, 0.717) is 6.54 Å². The molecule has 6 heteroatoms. The van der Waals surface area contributed by atoms with Crippen molar-refractivity contribution >= 4 is 17.4 Å². The van der Waals surface area contributed by atoms with Gasteiger partial charge in [-0.05, 0) is 0 Å². The van der Waals surface area contributed by atoms with Crippen molar-refractivity contribution in [2.75, 3.05) is 5.73 Å². The van der Waals surface area contributed by atoms with Crippen molar-refractivity contribution in [3.63, 3.8) is 0 Å². The molecule has 2 heterocycles. The molecular formula is C8H8N4OS. The Morgan fingerprint density at radius 3 is 3.07 bits per heavy atom. The van der Waals surface area contributed by atoms with Gasteiger partial charge in [-0.15, -0.1) is 0 Å². The molecule has 0 bridgehead atoms. The van der Waals surface area contributed by atoms with Crippen LogP contribution >= 0.6 is 11.7 Å². The highest BCUT2D eigenvalue weighted by molar-refractivity contribution is 6.99. The van der Waals surface area contributed by atoms with Gasteiger partial charge in [0.1, 0.15) is 0 Å². The van der Waals surface area contributed by atoms with Crippen LogP contribution in [-0.2, 0) is 6.54 Å². The molecular weight excluding hydrogens is 200 g/mol. The summed E-state index contributed by atoms with van der Waals surface area (Å²) in [4.78, 5) is 11.0. The maximum atomic E-state index is 11.0. The first-order chi connectivity index (χ1) is 6.75.